The predicted molar refractivity (Wildman–Crippen MR) is 64.7 cm³/mol. The summed E-state index contributed by atoms with van der Waals surface area (Å²) in [5, 5.41) is 13.8. The van der Waals surface area contributed by atoms with E-state index >= 15 is 0 Å². The summed E-state index contributed by atoms with van der Waals surface area (Å²) in [4.78, 5) is 3.68. The van der Waals surface area contributed by atoms with Crippen molar-refractivity contribution >= 4 is 0 Å². The summed E-state index contributed by atoms with van der Waals surface area (Å²) in [7, 11) is 0. The van der Waals surface area contributed by atoms with Crippen molar-refractivity contribution in [3.8, 4) is 0 Å². The van der Waals surface area contributed by atoms with Crippen LogP contribution in [0.5, 0.6) is 0 Å². The Bertz CT molecular complexity index is 432. The number of aromatic nitrogens is 2. The SMILES string of the molecule is C[C@@H]1C[C@@H](C)CC(O)(Cc2nc(C(C)(F)F)no2)C1. The summed E-state index contributed by atoms with van der Waals surface area (Å²) >= 11 is 0. The normalized spacial score (nSPS) is 32.5. The van der Waals surface area contributed by atoms with Crippen LogP contribution in [0.2, 0.25) is 0 Å². The number of hydrogen-bond acceptors (Lipinski definition) is 4. The molecule has 0 amide bonds. The van der Waals surface area contributed by atoms with E-state index in [1.807, 2.05) is 0 Å². The number of halogens is 2. The molecule has 2 rings (SSSR count). The van der Waals surface area contributed by atoms with Crippen LogP contribution in [0.3, 0.4) is 0 Å². The molecule has 0 aliphatic heterocycles. The van der Waals surface area contributed by atoms with Crippen molar-refractivity contribution < 1.29 is 18.4 Å². The molecule has 2 atom stereocenters. The predicted octanol–water partition coefficient (Wildman–Crippen LogP) is 2.91. The van der Waals surface area contributed by atoms with Crippen molar-refractivity contribution in [1.29, 1.82) is 0 Å². The fourth-order valence-electron chi connectivity index (χ4n) is 3.16. The lowest BCUT2D eigenvalue weighted by Crippen LogP contribution is -2.39. The summed E-state index contributed by atoms with van der Waals surface area (Å²) < 4.78 is 30.9. The molecule has 1 aliphatic carbocycles. The van der Waals surface area contributed by atoms with Gasteiger partial charge >= 0.3 is 5.92 Å². The highest BCUT2D eigenvalue weighted by molar-refractivity contribution is 4.99. The Morgan fingerprint density at radius 3 is 2.42 bits per heavy atom. The molecule has 108 valence electrons. The zero-order valence-corrected chi connectivity index (χ0v) is 11.5. The van der Waals surface area contributed by atoms with Gasteiger partial charge in [-0.25, -0.2) is 0 Å². The molecule has 4 nitrogen and oxygen atoms in total. The summed E-state index contributed by atoms with van der Waals surface area (Å²) in [6.07, 6.45) is 2.49. The van der Waals surface area contributed by atoms with Gasteiger partial charge in [0, 0.05) is 6.92 Å². The number of nitrogens with zero attached hydrogens (tertiary/aromatic N) is 2. The summed E-state index contributed by atoms with van der Waals surface area (Å²) in [5.41, 5.74) is -0.927. The van der Waals surface area contributed by atoms with Crippen molar-refractivity contribution in [3.05, 3.63) is 11.7 Å². The minimum Gasteiger partial charge on any atom is -0.389 e. The van der Waals surface area contributed by atoms with E-state index in [4.69, 9.17) is 4.52 Å². The van der Waals surface area contributed by atoms with Crippen molar-refractivity contribution in [3.63, 3.8) is 0 Å². The van der Waals surface area contributed by atoms with Crippen LogP contribution in [0.25, 0.3) is 0 Å². The van der Waals surface area contributed by atoms with E-state index in [1.54, 1.807) is 0 Å². The first kappa shape index (κ1) is 14.4. The second kappa shape index (κ2) is 4.81. The molecular formula is C13H20F2N2O2. The second-order valence-corrected chi connectivity index (χ2v) is 6.16. The van der Waals surface area contributed by atoms with E-state index in [0.29, 0.717) is 24.7 Å². The van der Waals surface area contributed by atoms with Gasteiger partial charge in [0.25, 0.3) is 0 Å². The van der Waals surface area contributed by atoms with Crippen LogP contribution in [0.15, 0.2) is 4.52 Å². The third-order valence-electron chi connectivity index (χ3n) is 3.60. The van der Waals surface area contributed by atoms with E-state index < -0.39 is 17.3 Å². The van der Waals surface area contributed by atoms with Crippen LogP contribution in [-0.4, -0.2) is 20.8 Å². The molecule has 0 unspecified atom stereocenters. The molecule has 6 heteroatoms. The van der Waals surface area contributed by atoms with Gasteiger partial charge in [0.2, 0.25) is 11.7 Å². The van der Waals surface area contributed by atoms with Crippen LogP contribution < -0.4 is 0 Å². The third kappa shape index (κ3) is 3.49. The third-order valence-corrected chi connectivity index (χ3v) is 3.60. The molecule has 1 heterocycles. The van der Waals surface area contributed by atoms with Gasteiger partial charge in [-0.3, -0.25) is 0 Å². The highest BCUT2D eigenvalue weighted by Gasteiger charge is 2.39. The van der Waals surface area contributed by atoms with E-state index in [-0.39, 0.29) is 12.3 Å². The average molecular weight is 274 g/mol. The lowest BCUT2D eigenvalue weighted by molar-refractivity contribution is -0.0355. The molecule has 1 aromatic heterocycles. The van der Waals surface area contributed by atoms with Gasteiger partial charge in [-0.2, -0.15) is 13.8 Å². The van der Waals surface area contributed by atoms with Gasteiger partial charge in [-0.05, 0) is 31.1 Å². The van der Waals surface area contributed by atoms with Crippen LogP contribution >= 0.6 is 0 Å². The fraction of sp³-hybridized carbons (Fsp3) is 0.846. The van der Waals surface area contributed by atoms with Gasteiger partial charge in [0.05, 0.1) is 12.0 Å². The van der Waals surface area contributed by atoms with Crippen LogP contribution in [0, 0.1) is 11.8 Å². The largest absolute Gasteiger partial charge is 0.389 e. The van der Waals surface area contributed by atoms with Crippen LogP contribution in [-0.2, 0) is 12.3 Å². The van der Waals surface area contributed by atoms with Crippen LogP contribution in [0.1, 0.15) is 51.7 Å². The zero-order chi connectivity index (χ0) is 14.3. The molecule has 1 N–H and O–H groups in total. The maximum atomic E-state index is 13.0. The molecule has 0 aromatic carbocycles. The zero-order valence-electron chi connectivity index (χ0n) is 11.5. The highest BCUT2D eigenvalue weighted by Crippen LogP contribution is 2.38. The van der Waals surface area contributed by atoms with Gasteiger partial charge in [0.15, 0.2) is 0 Å². The minimum absolute atomic E-state index is 0.0836. The Morgan fingerprint density at radius 2 is 1.95 bits per heavy atom. The molecule has 1 aliphatic rings. The Hall–Kier alpha value is -1.04. The summed E-state index contributed by atoms with van der Waals surface area (Å²) in [5.74, 6) is -2.84. The Kier molecular flexibility index (Phi) is 3.64. The lowest BCUT2D eigenvalue weighted by atomic mass is 9.72. The average Bonchev–Trinajstić information content (AvgIpc) is 2.61. The van der Waals surface area contributed by atoms with E-state index in [2.05, 4.69) is 24.0 Å². The smallest absolute Gasteiger partial charge is 0.307 e. The monoisotopic (exact) mass is 274 g/mol. The molecule has 0 bridgehead atoms. The maximum absolute atomic E-state index is 13.0. The van der Waals surface area contributed by atoms with Gasteiger partial charge in [0.1, 0.15) is 0 Å². The fourth-order valence-corrected chi connectivity index (χ4v) is 3.16. The molecule has 1 aromatic rings. The summed E-state index contributed by atoms with van der Waals surface area (Å²) in [6, 6.07) is 0. The van der Waals surface area contributed by atoms with Crippen molar-refractivity contribution in [2.24, 2.45) is 11.8 Å². The molecule has 1 saturated carbocycles. The van der Waals surface area contributed by atoms with E-state index in [1.165, 1.54) is 0 Å². The van der Waals surface area contributed by atoms with Crippen molar-refractivity contribution in [2.45, 2.75) is 58.0 Å². The molecule has 1 fully saturated rings. The van der Waals surface area contributed by atoms with Gasteiger partial charge in [-0.15, -0.1) is 0 Å². The molecular weight excluding hydrogens is 254 g/mol. The van der Waals surface area contributed by atoms with Gasteiger partial charge in [-0.1, -0.05) is 19.0 Å². The number of aliphatic hydroxyl groups is 1. The number of rotatable bonds is 3. The Labute approximate surface area is 111 Å². The standard InChI is InChI=1S/C13H20F2N2O2/c1-8-4-9(2)6-13(18,5-8)7-10-16-11(17-19-10)12(3,14)15/h8-9,18H,4-7H2,1-3H3/t8-,9-/m1/s1. The maximum Gasteiger partial charge on any atom is 0.307 e. The van der Waals surface area contributed by atoms with Crippen molar-refractivity contribution in [2.75, 3.05) is 0 Å². The van der Waals surface area contributed by atoms with Crippen molar-refractivity contribution in [1.82, 2.24) is 10.1 Å². The minimum atomic E-state index is -3.11. The molecule has 19 heavy (non-hydrogen) atoms. The topological polar surface area (TPSA) is 59.2 Å². The van der Waals surface area contributed by atoms with E-state index in [9.17, 15) is 13.9 Å². The Morgan fingerprint density at radius 1 is 1.37 bits per heavy atom. The molecule has 0 spiro atoms. The summed E-state index contributed by atoms with van der Waals surface area (Å²) in [6.45, 7) is 4.89. The molecule has 0 saturated heterocycles. The Balaban J connectivity index is 2.10. The quantitative estimate of drug-likeness (QED) is 0.920. The lowest BCUT2D eigenvalue weighted by Gasteiger charge is -2.38. The first-order valence-corrected chi connectivity index (χ1v) is 6.61. The number of alkyl halides is 2. The first-order chi connectivity index (χ1) is 8.68. The highest BCUT2D eigenvalue weighted by atomic mass is 19.3. The van der Waals surface area contributed by atoms with Gasteiger partial charge < -0.3 is 9.63 Å². The van der Waals surface area contributed by atoms with E-state index in [0.717, 1.165) is 13.3 Å². The molecule has 0 radical (unpaired) electrons. The first-order valence-electron chi connectivity index (χ1n) is 6.61. The second-order valence-electron chi connectivity index (χ2n) is 6.16. The van der Waals surface area contributed by atoms with Crippen LogP contribution in [0.4, 0.5) is 8.78 Å². The number of hydrogen-bond donors (Lipinski definition) is 1.